The van der Waals surface area contributed by atoms with Crippen LogP contribution in [0.2, 0.25) is 0 Å². The van der Waals surface area contributed by atoms with Gasteiger partial charge in [0.05, 0.1) is 85.0 Å². The van der Waals surface area contributed by atoms with E-state index in [1.807, 2.05) is 5.32 Å². The van der Waals surface area contributed by atoms with Gasteiger partial charge >= 0.3 is 17.9 Å². The number of hydrogen-bond donors (Lipinski definition) is 28. The van der Waals surface area contributed by atoms with Crippen molar-refractivity contribution in [1.29, 1.82) is 10.8 Å². The number of amides is 18. The summed E-state index contributed by atoms with van der Waals surface area (Å²) in [5.74, 6) is -22.7. The van der Waals surface area contributed by atoms with Gasteiger partial charge in [-0.2, -0.15) is 0 Å². The van der Waals surface area contributed by atoms with Crippen LogP contribution in [-0.4, -0.2) is 280 Å². The monoisotopic (exact) mass is 1440 g/mol. The Hall–Kier alpha value is -12.6. The number of aliphatic carboxylic acids is 3. The number of hydrogen-bond acceptors (Lipinski definition) is 24. The van der Waals surface area contributed by atoms with Gasteiger partial charge in [-0.3, -0.25) is 112 Å². The fourth-order valence-corrected chi connectivity index (χ4v) is 7.41. The first-order valence-corrected chi connectivity index (χ1v) is 30.0. The largest absolute Gasteiger partial charge is 0.481 e. The minimum Gasteiger partial charge on any atom is -0.481 e. The summed E-state index contributed by atoms with van der Waals surface area (Å²) in [6.07, 6.45) is -3.31. The van der Waals surface area contributed by atoms with Gasteiger partial charge < -0.3 is 139 Å². The Kier molecular flexibility index (Phi) is 43.6. The van der Waals surface area contributed by atoms with E-state index in [0.717, 1.165) is 0 Å². The van der Waals surface area contributed by atoms with Crippen molar-refractivity contribution in [3.63, 3.8) is 0 Å². The molecule has 0 unspecified atom stereocenters. The van der Waals surface area contributed by atoms with Crippen LogP contribution in [0.25, 0.3) is 0 Å². The highest BCUT2D eigenvalue weighted by molar-refractivity contribution is 5.99. The molecule has 0 saturated carbocycles. The Morgan fingerprint density at radius 1 is 0.277 bits per heavy atom. The number of primary amides is 1. The van der Waals surface area contributed by atoms with Crippen LogP contribution in [0.4, 0.5) is 0 Å². The maximum absolute atomic E-state index is 13.6. The van der Waals surface area contributed by atoms with Crippen LogP contribution < -0.4 is 124 Å². The number of carboxylic acid groups (broad SMARTS) is 3. The van der Waals surface area contributed by atoms with Gasteiger partial charge in [-0.05, 0) is 38.5 Å². The van der Waals surface area contributed by atoms with Crippen molar-refractivity contribution in [2.75, 3.05) is 98.2 Å². The maximum Gasteiger partial charge on any atom is 0.322 e. The molecule has 562 valence electrons. The summed E-state index contributed by atoms with van der Waals surface area (Å²) in [6, 6.07) is -7.76. The SMILES string of the molecule is N=C(N)NCCC[C@H](NC(=O)CN)C(=O)N[C@@H](CCC(=O)O)C(=O)NCC(=O)NCC(=O)NCC(=O)N[C@@H](CCC(=O)O)C(=O)N[C@@H](CCCNC(=N)N)C(=O)NCC(=O)NCC(=O)NCC(=O)NCC(=O)N[C@@H](CC(N)=O)C(=O)NCC(=O)NCC(=O)NCC(=O)NCC(=O)NCC(=O)O. The van der Waals surface area contributed by atoms with Crippen molar-refractivity contribution < 1.29 is 116 Å². The van der Waals surface area contributed by atoms with E-state index in [9.17, 15) is 111 Å². The van der Waals surface area contributed by atoms with E-state index in [2.05, 4.69) is 95.7 Å². The van der Waals surface area contributed by atoms with Crippen molar-refractivity contribution in [3.8, 4) is 0 Å². The van der Waals surface area contributed by atoms with E-state index in [0.29, 0.717) is 0 Å². The van der Waals surface area contributed by atoms with Gasteiger partial charge in [0.1, 0.15) is 36.8 Å². The minimum absolute atomic E-state index is 0.0146. The topological polar surface area (TPSA) is 800 Å². The molecule has 0 heterocycles. The first-order chi connectivity index (χ1) is 47.5. The van der Waals surface area contributed by atoms with Crippen LogP contribution in [-0.2, 0) is 101 Å². The fraction of sp³-hybridized carbons (Fsp3) is 0.558. The summed E-state index contributed by atoms with van der Waals surface area (Å²) in [6.45, 7) is -9.70. The highest BCUT2D eigenvalue weighted by Crippen LogP contribution is 2.05. The van der Waals surface area contributed by atoms with E-state index in [1.54, 1.807) is 0 Å². The number of rotatable bonds is 51. The smallest absolute Gasteiger partial charge is 0.322 e. The van der Waals surface area contributed by atoms with E-state index < -0.39 is 278 Å². The minimum atomic E-state index is -1.70. The van der Waals surface area contributed by atoms with Crippen LogP contribution in [0.15, 0.2) is 0 Å². The summed E-state index contributed by atoms with van der Waals surface area (Å²) in [4.78, 5) is 259. The molecule has 0 spiro atoms. The van der Waals surface area contributed by atoms with Crippen molar-refractivity contribution in [3.05, 3.63) is 0 Å². The molecule has 0 saturated heterocycles. The van der Waals surface area contributed by atoms with Gasteiger partial charge in [0.25, 0.3) is 0 Å². The molecule has 32 N–H and O–H groups in total. The first kappa shape index (κ1) is 88.4. The van der Waals surface area contributed by atoms with Crippen molar-refractivity contribution >= 4 is 136 Å². The normalized spacial score (nSPS) is 11.7. The molecule has 0 aromatic carbocycles. The number of carbonyl (C=O) groups is 21. The van der Waals surface area contributed by atoms with E-state index >= 15 is 0 Å². The number of carbonyl (C=O) groups excluding carboxylic acids is 18. The van der Waals surface area contributed by atoms with Gasteiger partial charge in [0.2, 0.25) is 106 Å². The highest BCUT2D eigenvalue weighted by atomic mass is 16.4. The number of nitrogens with one attached hydrogen (secondary N) is 21. The predicted octanol–water partition coefficient (Wildman–Crippen LogP) is -17.0. The Labute approximate surface area is 571 Å². The van der Waals surface area contributed by atoms with Crippen molar-refractivity contribution in [2.24, 2.45) is 22.9 Å². The zero-order valence-electron chi connectivity index (χ0n) is 54.1. The molecule has 0 radical (unpaired) electrons. The number of nitrogens with two attached hydrogens (primary N) is 4. The Morgan fingerprint density at radius 2 is 0.525 bits per heavy atom. The molecule has 0 fully saturated rings. The highest BCUT2D eigenvalue weighted by Gasteiger charge is 2.30. The van der Waals surface area contributed by atoms with E-state index in [1.165, 1.54) is 0 Å². The summed E-state index contributed by atoms with van der Waals surface area (Å²) in [5.41, 5.74) is 21.1. The molecule has 101 heavy (non-hydrogen) atoms. The van der Waals surface area contributed by atoms with E-state index in [-0.39, 0.29) is 44.7 Å². The molecule has 18 amide bonds. The summed E-state index contributed by atoms with van der Waals surface area (Å²) >= 11 is 0. The Bertz CT molecular complexity index is 3040. The summed E-state index contributed by atoms with van der Waals surface area (Å²) < 4.78 is 0. The summed E-state index contributed by atoms with van der Waals surface area (Å²) in [7, 11) is 0. The third-order valence-corrected chi connectivity index (χ3v) is 12.4. The second-order valence-corrected chi connectivity index (χ2v) is 20.7. The quantitative estimate of drug-likeness (QED) is 0.0153. The standard InChI is InChI=1S/C52H85N25O24/c53-12-31(79)73-26(4-2-10-60-52(57)58)49(100)77-27(5-7-43(91)92)47(98)71-20-39(87)66-17-36(84)67-22-41(89)74-28(6-8-44(93)94)50(101)76-25(3-1-9-59-51(55)56)46(97)70-19-38(86)64-14-34(82)62-16-35(83)68-23-42(90)75-29(11-30(54)78)48(99)72-21-40(88)65-15-33(81)61-13-32(80)63-18-37(85)69-24-45(95)96/h25-29H,1-24,53H2,(H2,54,78)(H,61,81)(H,62,82)(H,63,80)(H,64,86)(H,65,88)(H,66,87)(H,67,84)(H,68,83)(H,69,85)(H,70,97)(H,71,98)(H,72,99)(H,73,79)(H,74,89)(H,75,90)(H,76,101)(H,77,100)(H,91,92)(H,93,94)(H,95,96)(H4,55,56,59)(H4,57,58,60)/t25-,26-,27-,28-,29-/m0/s1. The van der Waals surface area contributed by atoms with Crippen LogP contribution in [0, 0.1) is 10.8 Å². The average molecular weight is 1440 g/mol. The molecule has 0 aliphatic rings. The molecule has 0 aliphatic heterocycles. The van der Waals surface area contributed by atoms with Gasteiger partial charge in [-0.25, -0.2) is 0 Å². The van der Waals surface area contributed by atoms with Crippen LogP contribution in [0.5, 0.6) is 0 Å². The maximum atomic E-state index is 13.6. The second-order valence-electron chi connectivity index (χ2n) is 20.7. The predicted molar refractivity (Wildman–Crippen MR) is 338 cm³/mol. The molecule has 0 bridgehead atoms. The number of carboxylic acids is 3. The molecule has 0 aromatic heterocycles. The van der Waals surface area contributed by atoms with Crippen molar-refractivity contribution in [1.82, 2.24) is 101 Å². The lowest BCUT2D eigenvalue weighted by molar-refractivity contribution is -0.139. The van der Waals surface area contributed by atoms with Gasteiger partial charge in [0, 0.05) is 25.9 Å². The molecule has 0 rings (SSSR count). The fourth-order valence-electron chi connectivity index (χ4n) is 7.41. The first-order valence-electron chi connectivity index (χ1n) is 30.0. The Morgan fingerprint density at radius 3 is 0.812 bits per heavy atom. The van der Waals surface area contributed by atoms with E-state index in [4.69, 9.17) is 38.9 Å². The third kappa shape index (κ3) is 46.2. The summed E-state index contributed by atoms with van der Waals surface area (Å²) in [5, 5.41) is 83.3. The van der Waals surface area contributed by atoms with Gasteiger partial charge in [0.15, 0.2) is 11.9 Å². The van der Waals surface area contributed by atoms with Crippen LogP contribution in [0.1, 0.15) is 57.8 Å². The lowest BCUT2D eigenvalue weighted by atomic mass is 10.1. The van der Waals surface area contributed by atoms with Crippen LogP contribution >= 0.6 is 0 Å². The molecule has 0 aliphatic carbocycles. The molecule has 49 nitrogen and oxygen atoms in total. The zero-order chi connectivity index (χ0) is 76.6. The second kappa shape index (κ2) is 49.8. The average Bonchev–Trinajstić information content (AvgIpc) is 0.964. The molecule has 0 aromatic rings. The van der Waals surface area contributed by atoms with Gasteiger partial charge in [-0.1, -0.05) is 0 Å². The lowest BCUT2D eigenvalue weighted by Gasteiger charge is -2.23. The third-order valence-electron chi connectivity index (χ3n) is 12.4. The Balaban J connectivity index is 5.37. The lowest BCUT2D eigenvalue weighted by Crippen LogP contribution is -2.56. The molecule has 5 atom stereocenters. The van der Waals surface area contributed by atoms with Crippen LogP contribution in [0.3, 0.4) is 0 Å². The molecular weight excluding hydrogens is 1360 g/mol. The molecular formula is C52H85N25O24. The molecule has 49 heteroatoms. The zero-order valence-corrected chi connectivity index (χ0v) is 54.1. The number of guanidine groups is 2. The van der Waals surface area contributed by atoms with Crippen molar-refractivity contribution in [2.45, 2.75) is 88.0 Å². The van der Waals surface area contributed by atoms with Gasteiger partial charge in [-0.15, -0.1) is 0 Å².